The zero-order valence-corrected chi connectivity index (χ0v) is 11.0. The molecule has 0 aliphatic carbocycles. The molecule has 1 aromatic rings. The van der Waals surface area contributed by atoms with Crippen LogP contribution in [-0.4, -0.2) is 35.2 Å². The van der Waals surface area contributed by atoms with Crippen LogP contribution >= 0.6 is 11.8 Å². The number of carbonyl (C=O) groups is 3. The predicted molar refractivity (Wildman–Crippen MR) is 68.6 cm³/mol. The molecular formula is C11H14N2O5S. The number of carboxylic acids is 1. The fraction of sp³-hybridized carbons (Fsp3) is 0.364. The van der Waals surface area contributed by atoms with Crippen LogP contribution < -0.4 is 11.1 Å². The first-order valence-corrected chi connectivity index (χ1v) is 6.73. The zero-order chi connectivity index (χ0) is 14.4. The lowest BCUT2D eigenvalue weighted by atomic mass is 10.2. The molecule has 0 saturated carbocycles. The second-order valence-electron chi connectivity index (χ2n) is 3.73. The lowest BCUT2D eigenvalue weighted by Crippen LogP contribution is -2.43. The van der Waals surface area contributed by atoms with E-state index in [9.17, 15) is 14.4 Å². The number of furan rings is 1. The number of carbonyl (C=O) groups excluding carboxylic acids is 2. The molecule has 0 fully saturated rings. The zero-order valence-electron chi connectivity index (χ0n) is 10.2. The number of aliphatic carboxylic acids is 1. The maximum Gasteiger partial charge on any atom is 0.326 e. The normalized spacial score (nSPS) is 11.8. The van der Waals surface area contributed by atoms with Crippen LogP contribution in [0.5, 0.6) is 0 Å². The van der Waals surface area contributed by atoms with Gasteiger partial charge in [0.1, 0.15) is 11.8 Å². The van der Waals surface area contributed by atoms with E-state index in [4.69, 9.17) is 15.3 Å². The van der Waals surface area contributed by atoms with Crippen molar-refractivity contribution in [1.82, 2.24) is 5.32 Å². The van der Waals surface area contributed by atoms with Gasteiger partial charge in [0.2, 0.25) is 5.91 Å². The third kappa shape index (κ3) is 4.66. The van der Waals surface area contributed by atoms with E-state index >= 15 is 0 Å². The number of hydrogen-bond donors (Lipinski definition) is 3. The summed E-state index contributed by atoms with van der Waals surface area (Å²) in [5.74, 6) is -1.62. The van der Waals surface area contributed by atoms with Crippen molar-refractivity contribution in [2.24, 2.45) is 5.73 Å². The summed E-state index contributed by atoms with van der Waals surface area (Å²) >= 11 is 1.53. The highest BCUT2D eigenvalue weighted by Crippen LogP contribution is 2.13. The summed E-state index contributed by atoms with van der Waals surface area (Å²) in [5.41, 5.74) is 4.91. The largest absolute Gasteiger partial charge is 0.480 e. The Labute approximate surface area is 113 Å². The Morgan fingerprint density at radius 1 is 1.47 bits per heavy atom. The van der Waals surface area contributed by atoms with Crippen molar-refractivity contribution < 1.29 is 23.9 Å². The van der Waals surface area contributed by atoms with E-state index in [2.05, 4.69) is 5.32 Å². The van der Waals surface area contributed by atoms with Gasteiger partial charge in [-0.25, -0.2) is 4.79 Å². The van der Waals surface area contributed by atoms with Gasteiger partial charge in [0, 0.05) is 0 Å². The summed E-state index contributed by atoms with van der Waals surface area (Å²) in [6, 6.07) is 1.72. The molecule has 0 aromatic carbocycles. The molecule has 0 aliphatic rings. The number of nitrogens with one attached hydrogen (secondary N) is 1. The predicted octanol–water partition coefficient (Wildman–Crippen LogP) is 0.201. The molecule has 1 rings (SSSR count). The lowest BCUT2D eigenvalue weighted by Gasteiger charge is -2.11. The number of nitrogens with two attached hydrogens (primary N) is 1. The van der Waals surface area contributed by atoms with Gasteiger partial charge in [-0.05, 0) is 18.4 Å². The molecule has 7 nitrogen and oxygen atoms in total. The van der Waals surface area contributed by atoms with Crippen LogP contribution in [0.2, 0.25) is 0 Å². The average molecular weight is 286 g/mol. The Bertz CT molecular complexity index is 485. The molecule has 8 heteroatoms. The van der Waals surface area contributed by atoms with Crippen LogP contribution in [0.15, 0.2) is 16.5 Å². The molecule has 19 heavy (non-hydrogen) atoms. The number of hydrogen-bond acceptors (Lipinski definition) is 5. The van der Waals surface area contributed by atoms with E-state index < -0.39 is 30.2 Å². The van der Waals surface area contributed by atoms with Gasteiger partial charge in [0.15, 0.2) is 5.76 Å². The molecule has 1 atom stereocenters. The second kappa shape index (κ2) is 6.83. The van der Waals surface area contributed by atoms with E-state index in [1.165, 1.54) is 17.8 Å². The highest BCUT2D eigenvalue weighted by molar-refractivity contribution is 7.97. The van der Waals surface area contributed by atoms with Gasteiger partial charge in [-0.1, -0.05) is 0 Å². The lowest BCUT2D eigenvalue weighted by molar-refractivity contribution is -0.140. The first kappa shape index (κ1) is 15.1. The first-order chi connectivity index (χ1) is 8.93. The molecule has 0 radical (unpaired) electrons. The quantitative estimate of drug-likeness (QED) is 0.658. The van der Waals surface area contributed by atoms with Gasteiger partial charge in [0.05, 0.1) is 12.2 Å². The monoisotopic (exact) mass is 286 g/mol. The van der Waals surface area contributed by atoms with Gasteiger partial charge >= 0.3 is 5.97 Å². The fourth-order valence-corrected chi connectivity index (χ4v) is 1.79. The summed E-state index contributed by atoms with van der Waals surface area (Å²) in [4.78, 5) is 33.3. The third-order valence-corrected chi connectivity index (χ3v) is 2.75. The van der Waals surface area contributed by atoms with Gasteiger partial charge in [-0.15, -0.1) is 0 Å². The van der Waals surface area contributed by atoms with E-state index in [0.717, 1.165) is 0 Å². The number of thioether (sulfide) groups is 1. The van der Waals surface area contributed by atoms with Crippen LogP contribution in [0.4, 0.5) is 0 Å². The van der Waals surface area contributed by atoms with Crippen LogP contribution in [0.25, 0.3) is 0 Å². The molecular weight excluding hydrogens is 272 g/mol. The molecule has 1 aromatic heterocycles. The van der Waals surface area contributed by atoms with Crippen LogP contribution in [0.3, 0.4) is 0 Å². The number of primary amides is 1. The van der Waals surface area contributed by atoms with E-state index in [1.54, 1.807) is 6.07 Å². The van der Waals surface area contributed by atoms with Crippen molar-refractivity contribution >= 4 is 29.5 Å². The third-order valence-electron chi connectivity index (χ3n) is 2.18. The Hall–Kier alpha value is -1.96. The summed E-state index contributed by atoms with van der Waals surface area (Å²) in [6.07, 6.45) is 1.41. The number of carboxylic acid groups (broad SMARTS) is 1. The molecule has 0 spiro atoms. The minimum atomic E-state index is -1.36. The van der Waals surface area contributed by atoms with Gasteiger partial charge in [0.25, 0.3) is 5.91 Å². The van der Waals surface area contributed by atoms with Crippen molar-refractivity contribution in [3.63, 3.8) is 0 Å². The Balaban J connectivity index is 2.70. The standard InChI is InChI=1S/C11H14N2O5S/c1-19-5-6-2-3-8(18-6)10(15)13-7(11(16)17)4-9(12)14/h2-3,7H,4-5H2,1H3,(H2,12,14)(H,13,15)(H,16,17)/t7-/m1/s1. The highest BCUT2D eigenvalue weighted by atomic mass is 32.2. The van der Waals surface area contributed by atoms with E-state index in [1.807, 2.05) is 6.26 Å². The molecule has 2 amide bonds. The molecule has 104 valence electrons. The SMILES string of the molecule is CSCc1ccc(C(=O)N[C@H](CC(N)=O)C(=O)O)o1. The minimum absolute atomic E-state index is 0.000213. The molecule has 0 unspecified atom stereocenters. The summed E-state index contributed by atoms with van der Waals surface area (Å²) in [5, 5.41) is 11.0. The van der Waals surface area contributed by atoms with Gasteiger partial charge in [-0.2, -0.15) is 11.8 Å². The molecule has 0 bridgehead atoms. The van der Waals surface area contributed by atoms with E-state index in [0.29, 0.717) is 11.5 Å². The second-order valence-corrected chi connectivity index (χ2v) is 4.60. The Morgan fingerprint density at radius 3 is 2.68 bits per heavy atom. The maximum absolute atomic E-state index is 11.7. The molecule has 4 N–H and O–H groups in total. The summed E-state index contributed by atoms with van der Waals surface area (Å²) in [7, 11) is 0. The van der Waals surface area contributed by atoms with Crippen LogP contribution in [0, 0.1) is 0 Å². The van der Waals surface area contributed by atoms with Gasteiger partial charge in [-0.3, -0.25) is 9.59 Å². The van der Waals surface area contributed by atoms with Crippen molar-refractivity contribution in [1.29, 1.82) is 0 Å². The smallest absolute Gasteiger partial charge is 0.326 e. The summed E-state index contributed by atoms with van der Waals surface area (Å²) < 4.78 is 5.23. The van der Waals surface area contributed by atoms with Crippen molar-refractivity contribution in [3.8, 4) is 0 Å². The van der Waals surface area contributed by atoms with Crippen LogP contribution in [-0.2, 0) is 15.3 Å². The molecule has 0 aliphatic heterocycles. The van der Waals surface area contributed by atoms with Gasteiger partial charge < -0.3 is 20.6 Å². The first-order valence-electron chi connectivity index (χ1n) is 5.33. The molecule has 1 heterocycles. The highest BCUT2D eigenvalue weighted by Gasteiger charge is 2.24. The molecule has 0 saturated heterocycles. The van der Waals surface area contributed by atoms with E-state index in [-0.39, 0.29) is 5.76 Å². The Kier molecular flexibility index (Phi) is 5.43. The van der Waals surface area contributed by atoms with Crippen LogP contribution in [0.1, 0.15) is 22.7 Å². The fourth-order valence-electron chi connectivity index (χ4n) is 1.35. The minimum Gasteiger partial charge on any atom is -0.480 e. The topological polar surface area (TPSA) is 123 Å². The number of amides is 2. The van der Waals surface area contributed by atoms with Crippen molar-refractivity contribution in [2.75, 3.05) is 6.26 Å². The summed E-state index contributed by atoms with van der Waals surface area (Å²) in [6.45, 7) is 0. The average Bonchev–Trinajstić information content (AvgIpc) is 2.76. The van der Waals surface area contributed by atoms with Crippen molar-refractivity contribution in [3.05, 3.63) is 23.7 Å². The maximum atomic E-state index is 11.7. The Morgan fingerprint density at radius 2 is 2.16 bits per heavy atom. The number of rotatable bonds is 7. The van der Waals surface area contributed by atoms with Crippen molar-refractivity contribution in [2.45, 2.75) is 18.2 Å².